The van der Waals surface area contributed by atoms with E-state index in [4.69, 9.17) is 8.92 Å². The summed E-state index contributed by atoms with van der Waals surface area (Å²) in [7, 11) is -3.76. The van der Waals surface area contributed by atoms with E-state index in [1.807, 2.05) is 0 Å². The molecular weight excluding hydrogens is 426 g/mol. The van der Waals surface area contributed by atoms with Crippen LogP contribution in [0.3, 0.4) is 0 Å². The maximum Gasteiger partial charge on any atom is 0.421 e. The average Bonchev–Trinajstić information content (AvgIpc) is 2.70. The molecule has 0 aliphatic carbocycles. The fraction of sp³-hybridized carbons (Fsp3) is 0.529. The summed E-state index contributed by atoms with van der Waals surface area (Å²) in [6.07, 6.45) is 0.371. The van der Waals surface area contributed by atoms with Crippen LogP contribution in [0.15, 0.2) is 22.7 Å². The van der Waals surface area contributed by atoms with Gasteiger partial charge in [-0.1, -0.05) is 28.9 Å². The molecule has 0 N–H and O–H groups in total. The number of imide groups is 1. The summed E-state index contributed by atoms with van der Waals surface area (Å²) in [4.78, 5) is 26.8. The number of carbonyl (C=O) groups is 2. The third-order valence-corrected chi connectivity index (χ3v) is 5.07. The highest BCUT2D eigenvalue weighted by atomic mass is 79.9. The second-order valence-electron chi connectivity index (χ2n) is 7.18. The normalized spacial score (nSPS) is 20.2. The zero-order valence-electron chi connectivity index (χ0n) is 15.3. The molecule has 2 amide bonds. The Hall–Kier alpha value is -1.45. The molecule has 0 saturated carbocycles. The van der Waals surface area contributed by atoms with E-state index in [9.17, 15) is 18.0 Å². The number of halogens is 1. The van der Waals surface area contributed by atoms with Gasteiger partial charge in [-0.2, -0.15) is 8.42 Å². The number of fused-ring (bicyclic) bond motifs is 1. The molecule has 26 heavy (non-hydrogen) atoms. The smallest absolute Gasteiger partial charge is 0.421 e. The Bertz CT molecular complexity index is 845. The molecule has 1 aromatic carbocycles. The molecule has 1 aromatic rings. The number of rotatable bonds is 4. The number of anilines is 1. The molecule has 0 fully saturated rings. The Kier molecular flexibility index (Phi) is 5.56. The number of hydrogen-bond acceptors (Lipinski definition) is 6. The van der Waals surface area contributed by atoms with Crippen LogP contribution in [-0.2, 0) is 29.2 Å². The SMILES string of the molecule is CCC1(COS(C)(=O)=O)C(=O)N(C(=O)OC(C)(C)C)c2cc(Br)ccc21. The lowest BCUT2D eigenvalue weighted by Crippen LogP contribution is -2.47. The van der Waals surface area contributed by atoms with Crippen LogP contribution in [-0.4, -0.2) is 38.9 Å². The Balaban J connectivity index is 2.56. The van der Waals surface area contributed by atoms with Crippen molar-refractivity contribution in [3.8, 4) is 0 Å². The minimum atomic E-state index is -3.76. The summed E-state index contributed by atoms with van der Waals surface area (Å²) in [5, 5.41) is 0. The molecule has 1 aliphatic heterocycles. The van der Waals surface area contributed by atoms with Crippen LogP contribution >= 0.6 is 15.9 Å². The minimum absolute atomic E-state index is 0.259. The van der Waals surface area contributed by atoms with Crippen molar-refractivity contribution in [3.05, 3.63) is 28.2 Å². The van der Waals surface area contributed by atoms with Gasteiger partial charge in [0.1, 0.15) is 11.0 Å². The lowest BCUT2D eigenvalue weighted by atomic mass is 9.80. The van der Waals surface area contributed by atoms with Crippen molar-refractivity contribution in [1.82, 2.24) is 0 Å². The maximum atomic E-state index is 13.2. The van der Waals surface area contributed by atoms with Crippen LogP contribution in [0.5, 0.6) is 0 Å². The fourth-order valence-corrected chi connectivity index (χ4v) is 3.58. The van der Waals surface area contributed by atoms with Crippen molar-refractivity contribution in [2.24, 2.45) is 0 Å². The summed E-state index contributed by atoms with van der Waals surface area (Å²) in [6.45, 7) is 6.47. The van der Waals surface area contributed by atoms with Gasteiger partial charge in [-0.15, -0.1) is 0 Å². The second-order valence-corrected chi connectivity index (χ2v) is 9.74. The predicted octanol–water partition coefficient (Wildman–Crippen LogP) is 3.35. The standard InChI is InChI=1S/C17H22BrNO6S/c1-6-17(10-24-26(5,22)23)12-8-7-11(18)9-13(12)19(14(17)20)15(21)25-16(2,3)4/h7-9H,6,10H2,1-5H3. The van der Waals surface area contributed by atoms with E-state index in [1.54, 1.807) is 45.9 Å². The van der Waals surface area contributed by atoms with Crippen molar-refractivity contribution >= 4 is 43.7 Å². The Morgan fingerprint density at radius 2 is 1.92 bits per heavy atom. The first-order valence-corrected chi connectivity index (χ1v) is 10.6. The molecule has 0 saturated heterocycles. The quantitative estimate of drug-likeness (QED) is 0.657. The highest BCUT2D eigenvalue weighted by Crippen LogP contribution is 2.46. The molecule has 2 rings (SSSR count). The molecule has 7 nitrogen and oxygen atoms in total. The van der Waals surface area contributed by atoms with E-state index in [-0.39, 0.29) is 13.0 Å². The Labute approximate surface area is 161 Å². The van der Waals surface area contributed by atoms with Crippen molar-refractivity contribution in [2.75, 3.05) is 17.8 Å². The molecule has 0 bridgehead atoms. The van der Waals surface area contributed by atoms with Crippen molar-refractivity contribution in [2.45, 2.75) is 45.1 Å². The van der Waals surface area contributed by atoms with Crippen LogP contribution < -0.4 is 4.90 Å². The van der Waals surface area contributed by atoms with Gasteiger partial charge in [0.25, 0.3) is 10.1 Å². The van der Waals surface area contributed by atoms with Crippen molar-refractivity contribution < 1.29 is 26.9 Å². The first kappa shape index (κ1) is 20.9. The van der Waals surface area contributed by atoms with Gasteiger partial charge in [-0.05, 0) is 44.9 Å². The first-order chi connectivity index (χ1) is 11.8. The third-order valence-electron chi connectivity index (χ3n) is 4.03. The van der Waals surface area contributed by atoms with Crippen LogP contribution in [0, 0.1) is 0 Å². The summed E-state index contributed by atoms with van der Waals surface area (Å²) in [5.74, 6) is -0.564. The van der Waals surface area contributed by atoms with Crippen LogP contribution in [0.1, 0.15) is 39.7 Å². The number of ether oxygens (including phenoxy) is 1. The number of amides is 2. The molecule has 1 aliphatic rings. The van der Waals surface area contributed by atoms with Crippen LogP contribution in [0.2, 0.25) is 0 Å². The number of nitrogens with zero attached hydrogens (tertiary/aromatic N) is 1. The van der Waals surface area contributed by atoms with E-state index in [1.165, 1.54) is 0 Å². The zero-order chi connectivity index (χ0) is 19.9. The van der Waals surface area contributed by atoms with Crippen LogP contribution in [0.25, 0.3) is 0 Å². The molecule has 1 heterocycles. The van der Waals surface area contributed by atoms with Gasteiger partial charge >= 0.3 is 6.09 Å². The van der Waals surface area contributed by atoms with E-state index >= 15 is 0 Å². The zero-order valence-corrected chi connectivity index (χ0v) is 17.7. The fourth-order valence-electron chi connectivity index (χ4n) is 2.81. The van der Waals surface area contributed by atoms with E-state index < -0.39 is 33.1 Å². The average molecular weight is 448 g/mol. The lowest BCUT2D eigenvalue weighted by molar-refractivity contribution is -0.124. The van der Waals surface area contributed by atoms with E-state index in [0.29, 0.717) is 15.7 Å². The molecule has 0 spiro atoms. The monoisotopic (exact) mass is 447 g/mol. The second kappa shape index (κ2) is 6.94. The molecule has 0 radical (unpaired) electrons. The summed E-state index contributed by atoms with van der Waals surface area (Å²) >= 11 is 3.34. The van der Waals surface area contributed by atoms with E-state index in [2.05, 4.69) is 15.9 Å². The van der Waals surface area contributed by atoms with Gasteiger partial charge in [0, 0.05) is 4.47 Å². The highest BCUT2D eigenvalue weighted by Gasteiger charge is 2.53. The number of hydrogen-bond donors (Lipinski definition) is 0. The molecule has 1 atom stereocenters. The van der Waals surface area contributed by atoms with Crippen molar-refractivity contribution in [1.29, 1.82) is 0 Å². The van der Waals surface area contributed by atoms with Crippen molar-refractivity contribution in [3.63, 3.8) is 0 Å². The van der Waals surface area contributed by atoms with Gasteiger partial charge in [0.2, 0.25) is 5.91 Å². The largest absolute Gasteiger partial charge is 0.443 e. The molecule has 144 valence electrons. The highest BCUT2D eigenvalue weighted by molar-refractivity contribution is 9.10. The topological polar surface area (TPSA) is 90.0 Å². The molecule has 9 heteroatoms. The number of carbonyl (C=O) groups excluding carboxylic acids is 2. The summed E-state index contributed by atoms with van der Waals surface area (Å²) in [6, 6.07) is 5.06. The molecule has 0 aromatic heterocycles. The summed E-state index contributed by atoms with van der Waals surface area (Å²) in [5.41, 5.74) is -1.18. The molecular formula is C17H22BrNO6S. The van der Waals surface area contributed by atoms with Crippen LogP contribution in [0.4, 0.5) is 10.5 Å². The predicted molar refractivity (Wildman–Crippen MR) is 101 cm³/mol. The number of benzene rings is 1. The minimum Gasteiger partial charge on any atom is -0.443 e. The Morgan fingerprint density at radius 3 is 2.42 bits per heavy atom. The van der Waals surface area contributed by atoms with Gasteiger partial charge in [0.05, 0.1) is 18.6 Å². The lowest BCUT2D eigenvalue weighted by Gasteiger charge is -2.27. The van der Waals surface area contributed by atoms with Gasteiger partial charge in [-0.3, -0.25) is 8.98 Å². The first-order valence-electron chi connectivity index (χ1n) is 8.03. The maximum absolute atomic E-state index is 13.2. The molecule has 1 unspecified atom stereocenters. The summed E-state index contributed by atoms with van der Waals surface area (Å²) < 4.78 is 33.9. The van der Waals surface area contributed by atoms with E-state index in [0.717, 1.165) is 11.2 Å². The Morgan fingerprint density at radius 1 is 1.31 bits per heavy atom. The third kappa shape index (κ3) is 4.10. The van der Waals surface area contributed by atoms with Gasteiger partial charge < -0.3 is 4.74 Å². The van der Waals surface area contributed by atoms with Gasteiger partial charge in [0.15, 0.2) is 0 Å². The van der Waals surface area contributed by atoms with Gasteiger partial charge in [-0.25, -0.2) is 9.69 Å².